The molecule has 10 heteroatoms. The molecule has 2 aliphatic rings. The Morgan fingerprint density at radius 1 is 1.24 bits per heavy atom. The highest BCUT2D eigenvalue weighted by molar-refractivity contribution is 5.95. The third-order valence-corrected chi connectivity index (χ3v) is 6.66. The Morgan fingerprint density at radius 2 is 2.00 bits per heavy atom. The van der Waals surface area contributed by atoms with Crippen LogP contribution in [0.2, 0.25) is 0 Å². The number of halogens is 1. The van der Waals surface area contributed by atoms with E-state index in [1.165, 1.54) is 23.3 Å². The predicted molar refractivity (Wildman–Crippen MR) is 139 cm³/mol. The first-order valence-electron chi connectivity index (χ1n) is 13.1. The van der Waals surface area contributed by atoms with E-state index in [1.54, 1.807) is 25.2 Å². The number of cyclic esters (lactones) is 1. The molecule has 38 heavy (non-hydrogen) atoms. The number of allylic oxidation sites excluding steroid dienone is 2. The number of aromatic nitrogens is 1. The molecule has 2 N–H and O–H groups in total. The van der Waals surface area contributed by atoms with Crippen molar-refractivity contribution in [1.82, 2.24) is 15.2 Å². The summed E-state index contributed by atoms with van der Waals surface area (Å²) in [6, 6.07) is -0.768. The zero-order valence-corrected chi connectivity index (χ0v) is 22.4. The number of aliphatic hydroxyl groups is 1. The third-order valence-electron chi connectivity index (χ3n) is 6.66. The lowest BCUT2D eigenvalue weighted by atomic mass is 9.94. The fourth-order valence-electron chi connectivity index (χ4n) is 4.74. The molecule has 2 aliphatic heterocycles. The third kappa shape index (κ3) is 8.11. The lowest BCUT2D eigenvalue weighted by molar-refractivity contribution is -0.158. The van der Waals surface area contributed by atoms with Crippen LogP contribution in [0.3, 0.4) is 0 Å². The van der Waals surface area contributed by atoms with Gasteiger partial charge in [-0.25, -0.2) is 14.2 Å². The van der Waals surface area contributed by atoms with Gasteiger partial charge in [0.2, 0.25) is 5.91 Å². The quantitative estimate of drug-likeness (QED) is 0.533. The number of aliphatic hydroxyl groups excluding tert-OH is 1. The second-order valence-corrected chi connectivity index (χ2v) is 10.3. The van der Waals surface area contributed by atoms with Crippen molar-refractivity contribution < 1.29 is 33.0 Å². The van der Waals surface area contributed by atoms with E-state index in [1.807, 2.05) is 20.8 Å². The minimum absolute atomic E-state index is 0.00515. The molecule has 1 aromatic heterocycles. The maximum absolute atomic E-state index is 14.6. The van der Waals surface area contributed by atoms with Crippen molar-refractivity contribution in [3.8, 4) is 0 Å². The number of ether oxygens (including phenoxy) is 1. The van der Waals surface area contributed by atoms with Crippen molar-refractivity contribution in [2.45, 2.75) is 77.8 Å². The van der Waals surface area contributed by atoms with Crippen LogP contribution in [0.1, 0.15) is 63.3 Å². The second kappa shape index (κ2) is 13.5. The number of fused-ring (bicyclic) bond motifs is 3. The van der Waals surface area contributed by atoms with Crippen molar-refractivity contribution >= 4 is 17.8 Å². The van der Waals surface area contributed by atoms with Crippen molar-refractivity contribution in [1.29, 1.82) is 0 Å². The number of nitrogens with one attached hydrogen (secondary N) is 1. The summed E-state index contributed by atoms with van der Waals surface area (Å²) < 4.78 is 25.8. The van der Waals surface area contributed by atoms with Crippen LogP contribution in [0.15, 0.2) is 46.6 Å². The van der Waals surface area contributed by atoms with Gasteiger partial charge in [-0.1, -0.05) is 50.6 Å². The molecule has 0 radical (unpaired) electrons. The van der Waals surface area contributed by atoms with Crippen LogP contribution < -0.4 is 5.32 Å². The topological polar surface area (TPSA) is 122 Å². The molecule has 208 valence electrons. The Hall–Kier alpha value is -3.27. The maximum atomic E-state index is 14.6. The van der Waals surface area contributed by atoms with E-state index in [0.717, 1.165) is 0 Å². The molecule has 0 aliphatic carbocycles. The average Bonchev–Trinajstić information content (AvgIpc) is 3.52. The highest BCUT2D eigenvalue weighted by Crippen LogP contribution is 2.25. The average molecular weight is 532 g/mol. The molecule has 1 saturated heterocycles. The largest absolute Gasteiger partial charge is 0.460 e. The van der Waals surface area contributed by atoms with Crippen LogP contribution in [0, 0.1) is 11.8 Å². The monoisotopic (exact) mass is 531 g/mol. The number of carbonyl (C=O) groups is 3. The molecule has 0 saturated carbocycles. The summed E-state index contributed by atoms with van der Waals surface area (Å²) in [6.07, 6.45) is 7.01. The molecule has 0 unspecified atom stereocenters. The molecular formula is C28H38FN3O6. The van der Waals surface area contributed by atoms with Crippen LogP contribution in [-0.4, -0.2) is 70.3 Å². The summed E-state index contributed by atoms with van der Waals surface area (Å²) >= 11 is 0. The summed E-state index contributed by atoms with van der Waals surface area (Å²) in [5, 5.41) is 13.0. The van der Waals surface area contributed by atoms with E-state index < -0.39 is 36.3 Å². The molecule has 2 bridgehead atoms. The molecule has 5 atom stereocenters. The van der Waals surface area contributed by atoms with Gasteiger partial charge in [0.1, 0.15) is 24.6 Å². The SMILES string of the molecule is CC1=C/[C@@H](O)C[C@@H](F)Cc2nc(co2)C(=O)N2CCC[C@@H]2C(=O)O[C@H](C(C)C)[C@H](C)/C=C\C(=O)NC/C=C\1. The van der Waals surface area contributed by atoms with Crippen molar-refractivity contribution in [2.24, 2.45) is 11.8 Å². The first-order valence-corrected chi connectivity index (χ1v) is 13.1. The molecule has 0 aromatic carbocycles. The fraction of sp³-hybridized carbons (Fsp3) is 0.571. The minimum Gasteiger partial charge on any atom is -0.460 e. The van der Waals surface area contributed by atoms with Gasteiger partial charge in [-0.3, -0.25) is 9.59 Å². The number of hydrogen-bond acceptors (Lipinski definition) is 7. The summed E-state index contributed by atoms with van der Waals surface area (Å²) in [5.74, 6) is -1.51. The van der Waals surface area contributed by atoms with Gasteiger partial charge in [0.25, 0.3) is 5.91 Å². The number of rotatable bonds is 1. The lowest BCUT2D eigenvalue weighted by Gasteiger charge is -2.29. The van der Waals surface area contributed by atoms with Crippen LogP contribution in [0.4, 0.5) is 4.39 Å². The van der Waals surface area contributed by atoms with E-state index >= 15 is 0 Å². The molecular weight excluding hydrogens is 493 g/mol. The number of esters is 1. The van der Waals surface area contributed by atoms with E-state index in [-0.39, 0.29) is 48.7 Å². The smallest absolute Gasteiger partial charge is 0.329 e. The van der Waals surface area contributed by atoms with Crippen LogP contribution in [0.25, 0.3) is 0 Å². The number of carbonyl (C=O) groups excluding carboxylic acids is 3. The van der Waals surface area contributed by atoms with Gasteiger partial charge in [-0.15, -0.1) is 0 Å². The molecule has 9 nitrogen and oxygen atoms in total. The van der Waals surface area contributed by atoms with Gasteiger partial charge in [-0.05, 0) is 31.8 Å². The maximum Gasteiger partial charge on any atom is 0.329 e. The summed E-state index contributed by atoms with van der Waals surface area (Å²) in [5.41, 5.74) is 0.710. The standard InChI is InChI=1S/C28H38FN3O6/c1-17(2)26-19(4)9-10-24(34)30-11-5-7-18(3)13-21(33)14-20(29)15-25-31-22(16-37-25)27(35)32-12-6-8-23(32)28(36)38-26/h5,7,9-10,13,16-17,19-21,23,26,33H,6,8,11-12,14-15H2,1-4H3,(H,30,34)/b7-5-,10-9-,18-13-/t19-,20-,21-,23-,26-/m1/s1. The lowest BCUT2D eigenvalue weighted by Crippen LogP contribution is -2.44. The van der Waals surface area contributed by atoms with Gasteiger partial charge in [0.15, 0.2) is 11.6 Å². The molecule has 1 fully saturated rings. The van der Waals surface area contributed by atoms with Crippen LogP contribution >= 0.6 is 0 Å². The highest BCUT2D eigenvalue weighted by Gasteiger charge is 2.38. The zero-order valence-electron chi connectivity index (χ0n) is 22.4. The zero-order chi connectivity index (χ0) is 27.8. The van der Waals surface area contributed by atoms with E-state index in [4.69, 9.17) is 9.15 Å². The molecule has 3 heterocycles. The van der Waals surface area contributed by atoms with Crippen LogP contribution in [-0.2, 0) is 20.7 Å². The van der Waals surface area contributed by atoms with E-state index in [9.17, 15) is 23.9 Å². The van der Waals surface area contributed by atoms with Gasteiger partial charge < -0.3 is 24.5 Å². The first-order chi connectivity index (χ1) is 18.0. The van der Waals surface area contributed by atoms with Crippen LogP contribution in [0.5, 0.6) is 0 Å². The number of oxazole rings is 1. The minimum atomic E-state index is -1.45. The summed E-state index contributed by atoms with van der Waals surface area (Å²) in [7, 11) is 0. The van der Waals surface area contributed by atoms with Crippen molar-refractivity contribution in [3.63, 3.8) is 0 Å². The number of hydrogen-bond donors (Lipinski definition) is 2. The Kier molecular flexibility index (Phi) is 10.4. The van der Waals surface area contributed by atoms with E-state index in [2.05, 4.69) is 10.3 Å². The Bertz CT molecular complexity index is 1080. The highest BCUT2D eigenvalue weighted by atomic mass is 19.1. The van der Waals surface area contributed by atoms with Gasteiger partial charge in [0.05, 0.1) is 12.5 Å². The molecule has 2 amide bonds. The first kappa shape index (κ1) is 29.3. The molecule has 0 spiro atoms. The van der Waals surface area contributed by atoms with E-state index in [0.29, 0.717) is 25.0 Å². The Morgan fingerprint density at radius 3 is 2.74 bits per heavy atom. The molecule has 1 aromatic rings. The fourth-order valence-corrected chi connectivity index (χ4v) is 4.74. The van der Waals surface area contributed by atoms with Crippen molar-refractivity contribution in [2.75, 3.05) is 13.1 Å². The number of alkyl halides is 1. The van der Waals surface area contributed by atoms with Gasteiger partial charge >= 0.3 is 5.97 Å². The molecule has 3 rings (SSSR count). The second-order valence-electron chi connectivity index (χ2n) is 10.3. The predicted octanol–water partition coefficient (Wildman–Crippen LogP) is 3.30. The van der Waals surface area contributed by atoms with Crippen molar-refractivity contribution in [3.05, 3.63) is 53.8 Å². The summed E-state index contributed by atoms with van der Waals surface area (Å²) in [4.78, 5) is 44.1. The number of nitrogens with zero attached hydrogens (tertiary/aromatic N) is 2. The summed E-state index contributed by atoms with van der Waals surface area (Å²) in [6.45, 7) is 8.13. The Labute approximate surface area is 222 Å². The number of amides is 2. The van der Waals surface area contributed by atoms with Gasteiger partial charge in [-0.2, -0.15) is 0 Å². The normalized spacial score (nSPS) is 31.7. The Balaban J connectivity index is 1.85. The van der Waals surface area contributed by atoms with Gasteiger partial charge in [0, 0.05) is 25.4 Å².